The fraction of sp³-hybridized carbons (Fsp3) is 0.0769. The zero-order valence-corrected chi connectivity index (χ0v) is 9.46. The fourth-order valence-electron chi connectivity index (χ4n) is 1.91. The highest BCUT2D eigenvalue weighted by Gasteiger charge is 2.07. The monoisotopic (exact) mass is 224 g/mol. The lowest BCUT2D eigenvalue weighted by molar-refractivity contribution is 1.02. The molecule has 2 N–H and O–H groups in total. The Balaban J connectivity index is 2.27. The van der Waals surface area contributed by atoms with Crippen LogP contribution in [0.25, 0.3) is 16.9 Å². The van der Waals surface area contributed by atoms with Gasteiger partial charge in [0.2, 0.25) is 0 Å². The molecular weight excluding hydrogens is 212 g/mol. The van der Waals surface area contributed by atoms with Gasteiger partial charge in [0, 0.05) is 6.20 Å². The molecule has 0 unspecified atom stereocenters. The maximum atomic E-state index is 5.99. The highest BCUT2D eigenvalue weighted by Crippen LogP contribution is 2.21. The van der Waals surface area contributed by atoms with Gasteiger partial charge in [-0.3, -0.25) is 4.57 Å². The van der Waals surface area contributed by atoms with E-state index in [0.717, 1.165) is 22.4 Å². The molecule has 17 heavy (non-hydrogen) atoms. The minimum Gasteiger partial charge on any atom is -0.396 e. The summed E-state index contributed by atoms with van der Waals surface area (Å²) in [6.45, 7) is 1.97. The smallest absolute Gasteiger partial charge is 0.161 e. The van der Waals surface area contributed by atoms with Crippen molar-refractivity contribution in [3.63, 3.8) is 0 Å². The number of hydrogen-bond acceptors (Lipinski definition) is 3. The molecule has 0 radical (unpaired) electrons. The molecule has 2 aromatic heterocycles. The second-order valence-electron chi connectivity index (χ2n) is 4.03. The molecule has 1 aromatic carbocycles. The SMILES string of the molecule is Cc1cnc(-n2cnc3ccccc32)c(N)c1. The van der Waals surface area contributed by atoms with E-state index in [1.165, 1.54) is 0 Å². The highest BCUT2D eigenvalue weighted by atomic mass is 15.1. The van der Waals surface area contributed by atoms with Gasteiger partial charge in [-0.1, -0.05) is 12.1 Å². The van der Waals surface area contributed by atoms with Crippen LogP contribution in [0.2, 0.25) is 0 Å². The van der Waals surface area contributed by atoms with Gasteiger partial charge in [-0.05, 0) is 30.7 Å². The van der Waals surface area contributed by atoms with Crippen LogP contribution in [0.3, 0.4) is 0 Å². The Hall–Kier alpha value is -2.36. The van der Waals surface area contributed by atoms with E-state index in [0.29, 0.717) is 5.69 Å². The van der Waals surface area contributed by atoms with Crippen LogP contribution in [0.4, 0.5) is 5.69 Å². The molecule has 0 aliphatic carbocycles. The molecule has 0 amide bonds. The number of aryl methyl sites for hydroxylation is 1. The van der Waals surface area contributed by atoms with E-state index in [9.17, 15) is 0 Å². The van der Waals surface area contributed by atoms with Crippen LogP contribution in [-0.2, 0) is 0 Å². The standard InChI is InChI=1S/C13H12N4/c1-9-6-10(14)13(15-7-9)17-8-16-11-4-2-3-5-12(11)17/h2-8H,14H2,1H3. The Kier molecular flexibility index (Phi) is 2.08. The third-order valence-electron chi connectivity index (χ3n) is 2.71. The molecule has 2 heterocycles. The number of fused-ring (bicyclic) bond motifs is 1. The summed E-state index contributed by atoms with van der Waals surface area (Å²) in [5.74, 6) is 0.726. The highest BCUT2D eigenvalue weighted by molar-refractivity contribution is 5.78. The Bertz CT molecular complexity index is 685. The molecule has 0 fully saturated rings. The number of aromatic nitrogens is 3. The Morgan fingerprint density at radius 3 is 2.82 bits per heavy atom. The summed E-state index contributed by atoms with van der Waals surface area (Å²) in [6, 6.07) is 9.83. The van der Waals surface area contributed by atoms with Gasteiger partial charge >= 0.3 is 0 Å². The molecule has 0 saturated heterocycles. The number of rotatable bonds is 1. The first kappa shape index (κ1) is 9.84. The zero-order chi connectivity index (χ0) is 11.8. The molecule has 3 aromatic rings. The van der Waals surface area contributed by atoms with Gasteiger partial charge in [-0.2, -0.15) is 0 Å². The largest absolute Gasteiger partial charge is 0.396 e. The third-order valence-corrected chi connectivity index (χ3v) is 2.71. The van der Waals surface area contributed by atoms with Crippen LogP contribution in [0.5, 0.6) is 0 Å². The van der Waals surface area contributed by atoms with Crippen LogP contribution in [-0.4, -0.2) is 14.5 Å². The van der Waals surface area contributed by atoms with Gasteiger partial charge in [0.1, 0.15) is 6.33 Å². The van der Waals surface area contributed by atoms with E-state index < -0.39 is 0 Å². The molecule has 84 valence electrons. The van der Waals surface area contributed by atoms with Crippen molar-refractivity contribution < 1.29 is 0 Å². The van der Waals surface area contributed by atoms with Crippen molar-refractivity contribution in [2.45, 2.75) is 6.92 Å². The number of para-hydroxylation sites is 2. The summed E-state index contributed by atoms with van der Waals surface area (Å²) in [4.78, 5) is 8.69. The molecule has 3 rings (SSSR count). The number of imidazole rings is 1. The summed E-state index contributed by atoms with van der Waals surface area (Å²) in [7, 11) is 0. The van der Waals surface area contributed by atoms with Crippen LogP contribution in [0.15, 0.2) is 42.9 Å². The maximum absolute atomic E-state index is 5.99. The summed E-state index contributed by atoms with van der Waals surface area (Å²) in [5.41, 5.74) is 9.65. The first-order valence-corrected chi connectivity index (χ1v) is 5.40. The first-order chi connectivity index (χ1) is 8.25. The predicted octanol–water partition coefficient (Wildman–Crippen LogP) is 2.31. The van der Waals surface area contributed by atoms with Crippen LogP contribution >= 0.6 is 0 Å². The Labute approximate surface area is 98.7 Å². The van der Waals surface area contributed by atoms with Crippen molar-refractivity contribution in [1.29, 1.82) is 0 Å². The number of nitrogens with two attached hydrogens (primary N) is 1. The van der Waals surface area contributed by atoms with E-state index in [-0.39, 0.29) is 0 Å². The molecule has 0 bridgehead atoms. The number of benzene rings is 1. The molecular formula is C13H12N4. The molecule has 0 saturated carbocycles. The minimum atomic E-state index is 0.660. The Morgan fingerprint density at radius 1 is 1.18 bits per heavy atom. The molecule has 0 atom stereocenters. The molecule has 0 aliphatic heterocycles. The second kappa shape index (κ2) is 3.59. The number of hydrogen-bond donors (Lipinski definition) is 1. The normalized spacial score (nSPS) is 10.9. The van der Waals surface area contributed by atoms with E-state index in [1.807, 2.05) is 41.8 Å². The summed E-state index contributed by atoms with van der Waals surface area (Å²) in [5, 5.41) is 0. The fourth-order valence-corrected chi connectivity index (χ4v) is 1.91. The summed E-state index contributed by atoms with van der Waals surface area (Å²) >= 11 is 0. The van der Waals surface area contributed by atoms with E-state index in [2.05, 4.69) is 9.97 Å². The maximum Gasteiger partial charge on any atom is 0.161 e. The molecule has 4 nitrogen and oxygen atoms in total. The van der Waals surface area contributed by atoms with Gasteiger partial charge in [-0.25, -0.2) is 9.97 Å². The number of nitrogens with zero attached hydrogens (tertiary/aromatic N) is 3. The van der Waals surface area contributed by atoms with Crippen LogP contribution in [0, 0.1) is 6.92 Å². The van der Waals surface area contributed by atoms with E-state index >= 15 is 0 Å². The first-order valence-electron chi connectivity index (χ1n) is 5.40. The van der Waals surface area contributed by atoms with Crippen molar-refractivity contribution in [1.82, 2.24) is 14.5 Å². The van der Waals surface area contributed by atoms with Crippen LogP contribution in [0.1, 0.15) is 5.56 Å². The number of anilines is 1. The second-order valence-corrected chi connectivity index (χ2v) is 4.03. The van der Waals surface area contributed by atoms with Gasteiger partial charge in [0.15, 0.2) is 5.82 Å². The van der Waals surface area contributed by atoms with Gasteiger partial charge < -0.3 is 5.73 Å². The van der Waals surface area contributed by atoms with E-state index in [1.54, 1.807) is 12.5 Å². The lowest BCUT2D eigenvalue weighted by Crippen LogP contribution is -2.01. The van der Waals surface area contributed by atoms with Crippen molar-refractivity contribution >= 4 is 16.7 Å². The van der Waals surface area contributed by atoms with Gasteiger partial charge in [0.05, 0.1) is 16.7 Å². The Morgan fingerprint density at radius 2 is 2.00 bits per heavy atom. The van der Waals surface area contributed by atoms with Gasteiger partial charge in [-0.15, -0.1) is 0 Å². The molecule has 4 heteroatoms. The van der Waals surface area contributed by atoms with Crippen molar-refractivity contribution in [2.24, 2.45) is 0 Å². The van der Waals surface area contributed by atoms with Crippen molar-refractivity contribution in [2.75, 3.05) is 5.73 Å². The number of nitrogen functional groups attached to an aromatic ring is 1. The van der Waals surface area contributed by atoms with Crippen molar-refractivity contribution in [3.05, 3.63) is 48.4 Å². The van der Waals surface area contributed by atoms with E-state index in [4.69, 9.17) is 5.73 Å². The minimum absolute atomic E-state index is 0.660. The molecule has 0 aliphatic rings. The number of pyridine rings is 1. The van der Waals surface area contributed by atoms with Crippen molar-refractivity contribution in [3.8, 4) is 5.82 Å². The summed E-state index contributed by atoms with van der Waals surface area (Å²) in [6.07, 6.45) is 3.55. The topological polar surface area (TPSA) is 56.7 Å². The summed E-state index contributed by atoms with van der Waals surface area (Å²) < 4.78 is 1.91. The molecule has 0 spiro atoms. The van der Waals surface area contributed by atoms with Gasteiger partial charge in [0.25, 0.3) is 0 Å². The zero-order valence-electron chi connectivity index (χ0n) is 9.46. The predicted molar refractivity (Wildman–Crippen MR) is 68.0 cm³/mol. The average Bonchev–Trinajstić information content (AvgIpc) is 2.73. The average molecular weight is 224 g/mol. The third kappa shape index (κ3) is 1.54. The lowest BCUT2D eigenvalue weighted by atomic mass is 10.2. The quantitative estimate of drug-likeness (QED) is 0.690. The van der Waals surface area contributed by atoms with Crippen LogP contribution < -0.4 is 5.73 Å². The lowest BCUT2D eigenvalue weighted by Gasteiger charge is -2.07.